The van der Waals surface area contributed by atoms with Gasteiger partial charge in [0, 0.05) is 12.8 Å². The van der Waals surface area contributed by atoms with Crippen LogP contribution >= 0.6 is 11.8 Å². The molecule has 5 atom stereocenters. The summed E-state index contributed by atoms with van der Waals surface area (Å²) in [6.45, 7) is 1.19. The van der Waals surface area contributed by atoms with Gasteiger partial charge in [0.1, 0.15) is 12.1 Å². The smallest absolute Gasteiger partial charge is 0.328 e. The number of amides is 5. The Bertz CT molecular complexity index is 750. The van der Waals surface area contributed by atoms with E-state index in [4.69, 9.17) is 17.2 Å². The lowest BCUT2D eigenvalue weighted by molar-refractivity contribution is -0.145. The summed E-state index contributed by atoms with van der Waals surface area (Å²) in [5.74, 6) is -4.91. The maximum absolute atomic E-state index is 12.9. The molecular formula is C19H34N6O8S. The number of carboxylic acids is 1. The number of rotatable bonds is 17. The second-order valence-corrected chi connectivity index (χ2v) is 8.57. The monoisotopic (exact) mass is 506 g/mol. The first-order valence-electron chi connectivity index (χ1n) is 10.4. The summed E-state index contributed by atoms with van der Waals surface area (Å²) in [4.78, 5) is 71.2. The molecule has 194 valence electrons. The molecule has 5 unspecified atom stereocenters. The van der Waals surface area contributed by atoms with Gasteiger partial charge in [0.15, 0.2) is 6.04 Å². The first-order chi connectivity index (χ1) is 15.8. The number of carbonyl (C=O) groups excluding carboxylic acids is 5. The fourth-order valence-corrected chi connectivity index (χ4v) is 3.15. The average molecular weight is 507 g/mol. The van der Waals surface area contributed by atoms with Crippen molar-refractivity contribution < 1.29 is 39.0 Å². The predicted molar refractivity (Wildman–Crippen MR) is 123 cm³/mol. The number of aliphatic hydroxyl groups excluding tert-OH is 1. The maximum Gasteiger partial charge on any atom is 0.328 e. The first-order valence-corrected chi connectivity index (χ1v) is 11.8. The molecule has 0 heterocycles. The van der Waals surface area contributed by atoms with Crippen molar-refractivity contribution in [2.24, 2.45) is 17.2 Å². The Hall–Kier alpha value is -2.91. The summed E-state index contributed by atoms with van der Waals surface area (Å²) in [5.41, 5.74) is 15.9. The van der Waals surface area contributed by atoms with E-state index in [0.717, 1.165) is 0 Å². The zero-order valence-corrected chi connectivity index (χ0v) is 19.9. The average Bonchev–Trinajstić information content (AvgIpc) is 2.74. The van der Waals surface area contributed by atoms with Crippen LogP contribution in [0.15, 0.2) is 0 Å². The molecule has 0 aromatic rings. The van der Waals surface area contributed by atoms with Gasteiger partial charge in [-0.3, -0.25) is 24.0 Å². The maximum atomic E-state index is 12.9. The normalized spacial score (nSPS) is 15.2. The van der Waals surface area contributed by atoms with Crippen LogP contribution in [0.4, 0.5) is 0 Å². The summed E-state index contributed by atoms with van der Waals surface area (Å²) < 4.78 is 0. The van der Waals surface area contributed by atoms with Gasteiger partial charge in [0.2, 0.25) is 29.5 Å². The fraction of sp³-hybridized carbons (Fsp3) is 0.684. The van der Waals surface area contributed by atoms with Crippen LogP contribution in [0.1, 0.15) is 39.0 Å². The van der Waals surface area contributed by atoms with Gasteiger partial charge in [0.25, 0.3) is 0 Å². The third-order valence-electron chi connectivity index (χ3n) is 4.64. The number of aliphatic carboxylic acids is 1. The van der Waals surface area contributed by atoms with Crippen molar-refractivity contribution in [1.29, 1.82) is 0 Å². The van der Waals surface area contributed by atoms with Gasteiger partial charge in [-0.15, -0.1) is 0 Å². The minimum absolute atomic E-state index is 0.0694. The second kappa shape index (κ2) is 15.8. The van der Waals surface area contributed by atoms with Gasteiger partial charge in [-0.2, -0.15) is 11.8 Å². The van der Waals surface area contributed by atoms with Crippen LogP contribution in [0.2, 0.25) is 0 Å². The lowest BCUT2D eigenvalue weighted by atomic mass is 10.1. The van der Waals surface area contributed by atoms with Crippen molar-refractivity contribution in [2.75, 3.05) is 12.0 Å². The highest BCUT2D eigenvalue weighted by molar-refractivity contribution is 7.98. The molecule has 0 radical (unpaired) electrons. The quantitative estimate of drug-likeness (QED) is 0.0965. The molecule has 0 aliphatic heterocycles. The topological polar surface area (TPSA) is 257 Å². The van der Waals surface area contributed by atoms with E-state index in [1.165, 1.54) is 18.7 Å². The van der Waals surface area contributed by atoms with Crippen LogP contribution in [-0.2, 0) is 28.8 Å². The molecule has 0 rings (SSSR count). The van der Waals surface area contributed by atoms with E-state index in [1.54, 1.807) is 6.26 Å². The van der Waals surface area contributed by atoms with Crippen molar-refractivity contribution >= 4 is 47.3 Å². The summed E-state index contributed by atoms with van der Waals surface area (Å²) in [5, 5.41) is 25.7. The summed E-state index contributed by atoms with van der Waals surface area (Å²) >= 11 is 1.37. The highest BCUT2D eigenvalue weighted by Crippen LogP contribution is 2.06. The van der Waals surface area contributed by atoms with Crippen molar-refractivity contribution in [3.05, 3.63) is 0 Å². The molecule has 14 nitrogen and oxygen atoms in total. The number of thioether (sulfide) groups is 1. The third kappa shape index (κ3) is 12.4. The van der Waals surface area contributed by atoms with Gasteiger partial charge in [-0.25, -0.2) is 4.79 Å². The third-order valence-corrected chi connectivity index (χ3v) is 5.28. The first kappa shape index (κ1) is 31.1. The van der Waals surface area contributed by atoms with Gasteiger partial charge < -0.3 is 43.4 Å². The van der Waals surface area contributed by atoms with Crippen LogP contribution in [-0.4, -0.2) is 88.0 Å². The second-order valence-electron chi connectivity index (χ2n) is 7.59. The Kier molecular flexibility index (Phi) is 14.5. The molecule has 0 saturated heterocycles. The van der Waals surface area contributed by atoms with Gasteiger partial charge in [-0.05, 0) is 38.2 Å². The highest BCUT2D eigenvalue weighted by Gasteiger charge is 2.31. The number of primary amides is 2. The van der Waals surface area contributed by atoms with E-state index in [0.29, 0.717) is 5.75 Å². The summed E-state index contributed by atoms with van der Waals surface area (Å²) in [7, 11) is 0. The number of carbonyl (C=O) groups is 6. The predicted octanol–water partition coefficient (Wildman–Crippen LogP) is -3.48. The van der Waals surface area contributed by atoms with E-state index in [9.17, 15) is 39.0 Å². The fourth-order valence-electron chi connectivity index (χ4n) is 2.68. The standard InChI is InChI=1S/C19H34N6O8S/c1-9(26)15(19(32)33)25-18(31)12(7-8-34-2)24-17(30)11(4-6-14(22)28)23-16(29)10(20)3-5-13(21)27/h9-12,15,26H,3-8,20H2,1-2H3,(H2,21,27)(H2,22,28)(H,23,29)(H,24,30)(H,25,31)(H,32,33). The molecule has 34 heavy (non-hydrogen) atoms. The van der Waals surface area contributed by atoms with Crippen molar-refractivity contribution in [1.82, 2.24) is 16.0 Å². The lowest BCUT2D eigenvalue weighted by Crippen LogP contribution is -2.58. The number of hydrogen-bond donors (Lipinski definition) is 8. The molecule has 0 aromatic carbocycles. The minimum Gasteiger partial charge on any atom is -0.480 e. The molecule has 0 aromatic heterocycles. The van der Waals surface area contributed by atoms with E-state index >= 15 is 0 Å². The van der Waals surface area contributed by atoms with Gasteiger partial charge in [-0.1, -0.05) is 0 Å². The van der Waals surface area contributed by atoms with Gasteiger partial charge in [0.05, 0.1) is 12.1 Å². The Morgan fingerprint density at radius 3 is 1.76 bits per heavy atom. The van der Waals surface area contributed by atoms with Gasteiger partial charge >= 0.3 is 5.97 Å². The Labute approximate surface area is 201 Å². The minimum atomic E-state index is -1.60. The summed E-state index contributed by atoms with van der Waals surface area (Å²) in [6, 6.07) is -5.25. The van der Waals surface area contributed by atoms with E-state index < -0.39 is 65.8 Å². The van der Waals surface area contributed by atoms with Crippen molar-refractivity contribution in [3.8, 4) is 0 Å². The van der Waals surface area contributed by atoms with Crippen molar-refractivity contribution in [3.63, 3.8) is 0 Å². The number of aliphatic hydroxyl groups is 1. The highest BCUT2D eigenvalue weighted by atomic mass is 32.2. The Balaban J connectivity index is 5.49. The van der Waals surface area contributed by atoms with Crippen molar-refractivity contribution in [2.45, 2.75) is 69.3 Å². The molecule has 0 aliphatic rings. The Morgan fingerprint density at radius 1 is 0.824 bits per heavy atom. The molecule has 0 bridgehead atoms. The molecule has 0 spiro atoms. The molecule has 0 saturated carbocycles. The zero-order chi connectivity index (χ0) is 26.4. The number of nitrogens with two attached hydrogens (primary N) is 3. The number of hydrogen-bond acceptors (Lipinski definition) is 9. The van der Waals surface area contributed by atoms with Crippen LogP contribution < -0.4 is 33.2 Å². The van der Waals surface area contributed by atoms with Crippen LogP contribution in [0.3, 0.4) is 0 Å². The van der Waals surface area contributed by atoms with Crippen LogP contribution in [0, 0.1) is 0 Å². The van der Waals surface area contributed by atoms with Crippen LogP contribution in [0.5, 0.6) is 0 Å². The largest absolute Gasteiger partial charge is 0.480 e. The van der Waals surface area contributed by atoms with Crippen LogP contribution in [0.25, 0.3) is 0 Å². The van der Waals surface area contributed by atoms with E-state index in [-0.39, 0.29) is 32.1 Å². The van der Waals surface area contributed by atoms with E-state index in [2.05, 4.69) is 16.0 Å². The van der Waals surface area contributed by atoms with E-state index in [1.807, 2.05) is 0 Å². The molecule has 5 amide bonds. The SMILES string of the molecule is CSCCC(NC(=O)C(CCC(N)=O)NC(=O)C(N)CCC(N)=O)C(=O)NC(C(=O)O)C(C)O. The number of carboxylic acid groups (broad SMARTS) is 1. The molecule has 0 aliphatic carbocycles. The molecule has 0 fully saturated rings. The lowest BCUT2D eigenvalue weighted by Gasteiger charge is -2.25. The number of nitrogens with one attached hydrogen (secondary N) is 3. The zero-order valence-electron chi connectivity index (χ0n) is 19.1. The molecule has 11 N–H and O–H groups in total. The molecule has 15 heteroatoms. The Morgan fingerprint density at radius 2 is 1.29 bits per heavy atom. The molecular weight excluding hydrogens is 472 g/mol. The summed E-state index contributed by atoms with van der Waals surface area (Å²) in [6.07, 6.45) is -0.215.